The summed E-state index contributed by atoms with van der Waals surface area (Å²) in [4.78, 5) is 28.0. The van der Waals surface area contributed by atoms with Crippen LogP contribution >= 0.6 is 0 Å². The number of hydrogen-bond donors (Lipinski definition) is 4. The first-order chi connectivity index (χ1) is 8.99. The summed E-state index contributed by atoms with van der Waals surface area (Å²) in [5.41, 5.74) is 0. The molecule has 2 rings (SSSR count). The number of H-pyrrole nitrogens is 1. The van der Waals surface area contributed by atoms with Crippen LogP contribution in [0.2, 0.25) is 0 Å². The maximum Gasteiger partial charge on any atom is 0.326 e. The lowest BCUT2D eigenvalue weighted by Gasteiger charge is -2.23. The van der Waals surface area contributed by atoms with Crippen LogP contribution in [0.15, 0.2) is 6.33 Å². The monoisotopic (exact) mass is 269 g/mol. The van der Waals surface area contributed by atoms with E-state index in [1.165, 1.54) is 6.33 Å². The molecule has 1 aromatic rings. The number of amides is 2. The number of nitrogens with one attached hydrogen (secondary N) is 2. The predicted octanol–water partition coefficient (Wildman–Crippen LogP) is -0.905. The van der Waals surface area contributed by atoms with E-state index in [0.717, 1.165) is 4.90 Å². The van der Waals surface area contributed by atoms with Gasteiger partial charge in [0.1, 0.15) is 18.2 Å². The number of aliphatic hydroxyl groups is 1. The van der Waals surface area contributed by atoms with E-state index >= 15 is 0 Å². The molecular formula is C10H15N5O4. The van der Waals surface area contributed by atoms with Crippen LogP contribution in [-0.4, -0.2) is 61.0 Å². The average molecular weight is 269 g/mol. The number of aromatic amines is 1. The highest BCUT2D eigenvalue weighted by molar-refractivity contribution is 5.83. The van der Waals surface area contributed by atoms with E-state index in [-0.39, 0.29) is 13.0 Å². The van der Waals surface area contributed by atoms with E-state index in [0.29, 0.717) is 5.82 Å². The van der Waals surface area contributed by atoms with E-state index in [1.807, 2.05) is 0 Å². The number of carbonyl (C=O) groups is 2. The van der Waals surface area contributed by atoms with Gasteiger partial charge in [-0.25, -0.2) is 14.6 Å². The van der Waals surface area contributed by atoms with Gasteiger partial charge < -0.3 is 20.4 Å². The number of rotatable bonds is 3. The number of nitrogens with zero attached hydrogens (tertiary/aromatic N) is 3. The lowest BCUT2D eigenvalue weighted by molar-refractivity contribution is -0.141. The van der Waals surface area contributed by atoms with Crippen molar-refractivity contribution in [1.82, 2.24) is 25.4 Å². The molecule has 1 unspecified atom stereocenters. The van der Waals surface area contributed by atoms with Gasteiger partial charge in [-0.1, -0.05) is 0 Å². The molecular weight excluding hydrogens is 254 g/mol. The third kappa shape index (κ3) is 2.81. The summed E-state index contributed by atoms with van der Waals surface area (Å²) >= 11 is 0. The molecule has 9 heteroatoms. The minimum atomic E-state index is -1.13. The maximum absolute atomic E-state index is 12.0. The number of β-amino-alcohol motifs (C(OH)–C–C–N with tert-alkyl or cyclic N) is 1. The fraction of sp³-hybridized carbons (Fsp3) is 0.600. The highest BCUT2D eigenvalue weighted by atomic mass is 16.4. The van der Waals surface area contributed by atoms with Gasteiger partial charge in [0.15, 0.2) is 0 Å². The SMILES string of the molecule is CC(NC(=O)N1C[C@@H](O)C[C@H]1C(=O)O)c1ncn[nH]1. The van der Waals surface area contributed by atoms with Gasteiger partial charge in [-0.3, -0.25) is 5.10 Å². The summed E-state index contributed by atoms with van der Waals surface area (Å²) in [7, 11) is 0. The van der Waals surface area contributed by atoms with Crippen LogP contribution < -0.4 is 5.32 Å². The van der Waals surface area contributed by atoms with E-state index in [1.54, 1.807) is 6.92 Å². The molecule has 1 fully saturated rings. The summed E-state index contributed by atoms with van der Waals surface area (Å²) in [5, 5.41) is 27.4. The Morgan fingerprint density at radius 1 is 1.63 bits per heavy atom. The fourth-order valence-corrected chi connectivity index (χ4v) is 2.03. The number of urea groups is 1. The second-order valence-electron chi connectivity index (χ2n) is 4.44. The molecule has 0 bridgehead atoms. The summed E-state index contributed by atoms with van der Waals surface area (Å²) in [6, 6.07) is -1.98. The largest absolute Gasteiger partial charge is 0.480 e. The number of hydrogen-bond acceptors (Lipinski definition) is 5. The molecule has 19 heavy (non-hydrogen) atoms. The number of carboxylic acid groups (broad SMARTS) is 1. The standard InChI is InChI=1S/C10H15N5O4/c1-5(8-11-4-12-14-8)13-10(19)15-3-6(16)2-7(15)9(17)18/h4-7,16H,2-3H2,1H3,(H,13,19)(H,17,18)(H,11,12,14)/t5?,6-,7-/m0/s1. The van der Waals surface area contributed by atoms with Gasteiger partial charge in [-0.05, 0) is 6.92 Å². The van der Waals surface area contributed by atoms with Crippen molar-refractivity contribution >= 4 is 12.0 Å². The molecule has 4 N–H and O–H groups in total. The molecule has 0 saturated carbocycles. The maximum atomic E-state index is 12.0. The van der Waals surface area contributed by atoms with Gasteiger partial charge in [-0.2, -0.15) is 5.10 Å². The quantitative estimate of drug-likeness (QED) is 0.562. The van der Waals surface area contributed by atoms with Crippen LogP contribution in [0.3, 0.4) is 0 Å². The van der Waals surface area contributed by atoms with E-state index in [2.05, 4.69) is 20.5 Å². The van der Waals surface area contributed by atoms with Crippen molar-refractivity contribution in [1.29, 1.82) is 0 Å². The van der Waals surface area contributed by atoms with Crippen molar-refractivity contribution in [3.63, 3.8) is 0 Å². The molecule has 3 atom stereocenters. The Balaban J connectivity index is 2.01. The van der Waals surface area contributed by atoms with Gasteiger partial charge in [0.2, 0.25) is 0 Å². The molecule has 104 valence electrons. The number of aliphatic hydroxyl groups excluding tert-OH is 1. The Morgan fingerprint density at radius 3 is 2.95 bits per heavy atom. The molecule has 9 nitrogen and oxygen atoms in total. The first-order valence-electron chi connectivity index (χ1n) is 5.82. The Hall–Kier alpha value is -2.16. The van der Waals surface area contributed by atoms with Crippen LogP contribution in [0.1, 0.15) is 25.2 Å². The van der Waals surface area contributed by atoms with Gasteiger partial charge in [0, 0.05) is 13.0 Å². The molecule has 0 radical (unpaired) electrons. The molecule has 0 aromatic carbocycles. The average Bonchev–Trinajstić information content (AvgIpc) is 2.96. The lowest BCUT2D eigenvalue weighted by Crippen LogP contribution is -2.46. The third-order valence-corrected chi connectivity index (χ3v) is 3.01. The molecule has 1 aliphatic rings. The van der Waals surface area contributed by atoms with Crippen molar-refractivity contribution in [3.8, 4) is 0 Å². The summed E-state index contributed by atoms with van der Waals surface area (Å²) in [6.07, 6.45) is 0.546. The van der Waals surface area contributed by atoms with Gasteiger partial charge in [-0.15, -0.1) is 0 Å². The molecule has 0 aliphatic carbocycles. The lowest BCUT2D eigenvalue weighted by atomic mass is 10.2. The molecule has 2 amide bonds. The van der Waals surface area contributed by atoms with E-state index in [4.69, 9.17) is 5.11 Å². The molecule has 1 saturated heterocycles. The minimum Gasteiger partial charge on any atom is -0.480 e. The highest BCUT2D eigenvalue weighted by Crippen LogP contribution is 2.19. The molecule has 1 aliphatic heterocycles. The highest BCUT2D eigenvalue weighted by Gasteiger charge is 2.39. The third-order valence-electron chi connectivity index (χ3n) is 3.01. The molecule has 0 spiro atoms. The molecule has 1 aromatic heterocycles. The zero-order chi connectivity index (χ0) is 14.0. The van der Waals surface area contributed by atoms with Crippen LogP contribution in [0.5, 0.6) is 0 Å². The van der Waals surface area contributed by atoms with Crippen LogP contribution in [-0.2, 0) is 4.79 Å². The van der Waals surface area contributed by atoms with Gasteiger partial charge in [0.05, 0.1) is 12.1 Å². The Bertz CT molecular complexity index is 462. The van der Waals surface area contributed by atoms with Gasteiger partial charge in [0.25, 0.3) is 0 Å². The summed E-state index contributed by atoms with van der Waals surface area (Å²) < 4.78 is 0. The molecule has 2 heterocycles. The first kappa shape index (κ1) is 13.3. The van der Waals surface area contributed by atoms with Crippen LogP contribution in [0.25, 0.3) is 0 Å². The second-order valence-corrected chi connectivity index (χ2v) is 4.44. The van der Waals surface area contributed by atoms with Crippen molar-refractivity contribution in [2.45, 2.75) is 31.5 Å². The Labute approximate surface area is 108 Å². The van der Waals surface area contributed by atoms with Gasteiger partial charge >= 0.3 is 12.0 Å². The Kier molecular flexibility index (Phi) is 3.65. The van der Waals surface area contributed by atoms with Crippen molar-refractivity contribution in [3.05, 3.63) is 12.2 Å². The van der Waals surface area contributed by atoms with Crippen molar-refractivity contribution in [2.75, 3.05) is 6.54 Å². The second kappa shape index (κ2) is 5.22. The first-order valence-corrected chi connectivity index (χ1v) is 5.82. The zero-order valence-electron chi connectivity index (χ0n) is 10.3. The van der Waals surface area contributed by atoms with E-state index < -0.39 is 30.2 Å². The number of carboxylic acids is 1. The summed E-state index contributed by atoms with van der Waals surface area (Å²) in [5.74, 6) is -0.654. The zero-order valence-corrected chi connectivity index (χ0v) is 10.3. The van der Waals surface area contributed by atoms with Crippen molar-refractivity contribution < 1.29 is 19.8 Å². The Morgan fingerprint density at radius 2 is 2.37 bits per heavy atom. The number of aromatic nitrogens is 3. The topological polar surface area (TPSA) is 131 Å². The normalized spacial score (nSPS) is 24.2. The predicted molar refractivity (Wildman–Crippen MR) is 62.1 cm³/mol. The smallest absolute Gasteiger partial charge is 0.326 e. The summed E-state index contributed by atoms with van der Waals surface area (Å²) in [6.45, 7) is 1.70. The van der Waals surface area contributed by atoms with Crippen LogP contribution in [0.4, 0.5) is 4.79 Å². The number of carbonyl (C=O) groups excluding carboxylic acids is 1. The fourth-order valence-electron chi connectivity index (χ4n) is 2.03. The number of likely N-dealkylation sites (tertiary alicyclic amines) is 1. The number of aliphatic carboxylic acids is 1. The van der Waals surface area contributed by atoms with E-state index in [9.17, 15) is 14.7 Å². The minimum absolute atomic E-state index is 0.00588. The van der Waals surface area contributed by atoms with Crippen LogP contribution in [0, 0.1) is 0 Å². The van der Waals surface area contributed by atoms with Crippen molar-refractivity contribution in [2.24, 2.45) is 0 Å².